The second kappa shape index (κ2) is 4.53. The van der Waals surface area contributed by atoms with Crippen LogP contribution >= 0.6 is 27.3 Å². The van der Waals surface area contributed by atoms with Crippen LogP contribution in [0.3, 0.4) is 0 Å². The first-order valence-electron chi connectivity index (χ1n) is 5.93. The summed E-state index contributed by atoms with van der Waals surface area (Å²) in [5, 5.41) is 9.60. The minimum atomic E-state index is -0.242. The molecule has 1 aromatic heterocycles. The van der Waals surface area contributed by atoms with Gasteiger partial charge in [-0.1, -0.05) is 24.3 Å². The Balaban J connectivity index is 1.89. The Morgan fingerprint density at radius 1 is 1.17 bits per heavy atom. The number of benzene rings is 1. The van der Waals surface area contributed by atoms with Crippen molar-refractivity contribution in [2.75, 3.05) is 0 Å². The highest BCUT2D eigenvalue weighted by Crippen LogP contribution is 2.40. The van der Waals surface area contributed by atoms with E-state index in [-0.39, 0.29) is 5.41 Å². The van der Waals surface area contributed by atoms with Gasteiger partial charge in [-0.05, 0) is 52.0 Å². The molecule has 0 saturated heterocycles. The van der Waals surface area contributed by atoms with Crippen molar-refractivity contribution >= 4 is 27.3 Å². The van der Waals surface area contributed by atoms with Crippen molar-refractivity contribution in [1.82, 2.24) is 0 Å². The Morgan fingerprint density at radius 2 is 1.83 bits per heavy atom. The first-order valence-corrected chi connectivity index (χ1v) is 7.54. The van der Waals surface area contributed by atoms with Crippen LogP contribution in [0.15, 0.2) is 40.2 Å². The van der Waals surface area contributed by atoms with Gasteiger partial charge in [0.25, 0.3) is 0 Å². The Bertz CT molecular complexity index is 598. The highest BCUT2D eigenvalue weighted by molar-refractivity contribution is 9.11. The molecule has 0 atom stereocenters. The number of nitrogens with zero attached hydrogens (tertiary/aromatic N) is 1. The van der Waals surface area contributed by atoms with Gasteiger partial charge >= 0.3 is 0 Å². The van der Waals surface area contributed by atoms with E-state index in [0.29, 0.717) is 0 Å². The first-order chi connectivity index (χ1) is 8.71. The summed E-state index contributed by atoms with van der Waals surface area (Å²) in [6.45, 7) is 0. The molecule has 0 spiro atoms. The molecule has 0 bridgehead atoms. The van der Waals surface area contributed by atoms with Gasteiger partial charge in [0.2, 0.25) is 0 Å². The summed E-state index contributed by atoms with van der Waals surface area (Å²) >= 11 is 5.22. The van der Waals surface area contributed by atoms with E-state index >= 15 is 0 Å². The number of nitriles is 1. The predicted octanol–water partition coefficient (Wildman–Crippen LogP) is 4.36. The standard InChI is InChI=1S/C15H12BrNS/c16-14-6-5-13(18-14)9-15(10-17)7-11-3-1-2-4-12(11)8-15/h1-6H,7-9H2. The van der Waals surface area contributed by atoms with E-state index in [4.69, 9.17) is 0 Å². The monoisotopic (exact) mass is 317 g/mol. The summed E-state index contributed by atoms with van der Waals surface area (Å²) in [5.74, 6) is 0. The summed E-state index contributed by atoms with van der Waals surface area (Å²) in [4.78, 5) is 1.29. The topological polar surface area (TPSA) is 23.8 Å². The van der Waals surface area contributed by atoms with Gasteiger partial charge in [-0.25, -0.2) is 0 Å². The molecule has 1 nitrogen and oxygen atoms in total. The molecule has 0 amide bonds. The molecule has 0 unspecified atom stereocenters. The van der Waals surface area contributed by atoms with Gasteiger partial charge in [-0.15, -0.1) is 11.3 Å². The largest absolute Gasteiger partial charge is 0.198 e. The minimum Gasteiger partial charge on any atom is -0.198 e. The van der Waals surface area contributed by atoms with Crippen LogP contribution in [0.1, 0.15) is 16.0 Å². The fraction of sp³-hybridized carbons (Fsp3) is 0.267. The van der Waals surface area contributed by atoms with Crippen molar-refractivity contribution < 1.29 is 0 Å². The number of rotatable bonds is 2. The molecule has 0 saturated carbocycles. The van der Waals surface area contributed by atoms with Crippen molar-refractivity contribution in [3.63, 3.8) is 0 Å². The predicted molar refractivity (Wildman–Crippen MR) is 77.6 cm³/mol. The fourth-order valence-electron chi connectivity index (χ4n) is 2.72. The Morgan fingerprint density at radius 3 is 2.33 bits per heavy atom. The lowest BCUT2D eigenvalue weighted by molar-refractivity contribution is 0.421. The molecule has 2 aromatic rings. The molecule has 3 heteroatoms. The minimum absolute atomic E-state index is 0.242. The van der Waals surface area contributed by atoms with Crippen LogP contribution in [-0.4, -0.2) is 0 Å². The summed E-state index contributed by atoms with van der Waals surface area (Å²) in [6, 6.07) is 15.2. The lowest BCUT2D eigenvalue weighted by Gasteiger charge is -2.18. The maximum absolute atomic E-state index is 9.60. The Kier molecular flexibility index (Phi) is 3.01. The van der Waals surface area contributed by atoms with E-state index in [9.17, 15) is 5.26 Å². The number of fused-ring (bicyclic) bond motifs is 1. The summed E-state index contributed by atoms with van der Waals surface area (Å²) < 4.78 is 1.14. The highest BCUT2D eigenvalue weighted by Gasteiger charge is 2.37. The molecule has 3 rings (SSSR count). The maximum Gasteiger partial charge on any atom is 0.0702 e. The molecular formula is C15H12BrNS. The molecule has 1 aliphatic carbocycles. The van der Waals surface area contributed by atoms with Crippen LogP contribution in [0.2, 0.25) is 0 Å². The summed E-state index contributed by atoms with van der Waals surface area (Å²) in [6.07, 6.45) is 2.62. The van der Waals surface area contributed by atoms with Gasteiger partial charge in [0, 0.05) is 11.3 Å². The molecule has 1 aliphatic rings. The lowest BCUT2D eigenvalue weighted by Crippen LogP contribution is -2.21. The average molecular weight is 318 g/mol. The van der Waals surface area contributed by atoms with Gasteiger partial charge in [-0.3, -0.25) is 0 Å². The van der Waals surface area contributed by atoms with Crippen molar-refractivity contribution in [3.05, 3.63) is 56.2 Å². The van der Waals surface area contributed by atoms with E-state index in [1.807, 2.05) is 0 Å². The first kappa shape index (κ1) is 12.0. The van der Waals surface area contributed by atoms with Gasteiger partial charge in [0.15, 0.2) is 0 Å². The van der Waals surface area contributed by atoms with E-state index in [0.717, 1.165) is 23.0 Å². The van der Waals surface area contributed by atoms with E-state index in [1.165, 1.54) is 16.0 Å². The molecule has 0 radical (unpaired) electrons. The van der Waals surface area contributed by atoms with Crippen molar-refractivity contribution in [2.24, 2.45) is 5.41 Å². The van der Waals surface area contributed by atoms with Gasteiger partial charge in [0.1, 0.15) is 0 Å². The molecule has 18 heavy (non-hydrogen) atoms. The normalized spacial score (nSPS) is 16.2. The molecule has 0 aliphatic heterocycles. The smallest absolute Gasteiger partial charge is 0.0702 e. The van der Waals surface area contributed by atoms with Crippen LogP contribution < -0.4 is 0 Å². The zero-order chi connectivity index (χ0) is 12.6. The van der Waals surface area contributed by atoms with Crippen LogP contribution in [0.25, 0.3) is 0 Å². The van der Waals surface area contributed by atoms with Gasteiger partial charge < -0.3 is 0 Å². The molecule has 1 aromatic carbocycles. The third kappa shape index (κ3) is 2.11. The number of hydrogen-bond acceptors (Lipinski definition) is 2. The van der Waals surface area contributed by atoms with Crippen LogP contribution in [-0.2, 0) is 19.3 Å². The quantitative estimate of drug-likeness (QED) is 0.807. The number of thiophene rings is 1. The zero-order valence-electron chi connectivity index (χ0n) is 9.82. The average Bonchev–Trinajstić information content (AvgIpc) is 2.93. The second-order valence-corrected chi connectivity index (χ2v) is 7.44. The van der Waals surface area contributed by atoms with Gasteiger partial charge in [0.05, 0.1) is 15.3 Å². The number of halogens is 1. The zero-order valence-corrected chi connectivity index (χ0v) is 12.2. The van der Waals surface area contributed by atoms with Crippen LogP contribution in [0.4, 0.5) is 0 Å². The highest BCUT2D eigenvalue weighted by atomic mass is 79.9. The van der Waals surface area contributed by atoms with Crippen molar-refractivity contribution in [2.45, 2.75) is 19.3 Å². The molecule has 90 valence electrons. The Hall–Kier alpha value is -1.11. The van der Waals surface area contributed by atoms with Crippen molar-refractivity contribution in [3.8, 4) is 6.07 Å². The molecule has 0 fully saturated rings. The third-order valence-corrected chi connectivity index (χ3v) is 5.18. The lowest BCUT2D eigenvalue weighted by atomic mass is 9.82. The second-order valence-electron chi connectivity index (χ2n) is 4.90. The van der Waals surface area contributed by atoms with Gasteiger partial charge in [-0.2, -0.15) is 5.26 Å². The van der Waals surface area contributed by atoms with E-state index in [1.54, 1.807) is 11.3 Å². The molecule has 1 heterocycles. The van der Waals surface area contributed by atoms with Crippen molar-refractivity contribution in [1.29, 1.82) is 5.26 Å². The fourth-order valence-corrected chi connectivity index (χ4v) is 4.34. The number of hydrogen-bond donors (Lipinski definition) is 0. The summed E-state index contributed by atoms with van der Waals surface area (Å²) in [7, 11) is 0. The Labute approximate surface area is 119 Å². The summed E-state index contributed by atoms with van der Waals surface area (Å²) in [5.41, 5.74) is 2.44. The van der Waals surface area contributed by atoms with E-state index < -0.39 is 0 Å². The van der Waals surface area contributed by atoms with E-state index in [2.05, 4.69) is 58.4 Å². The third-order valence-electron chi connectivity index (χ3n) is 3.55. The SMILES string of the molecule is N#CC1(Cc2ccc(Br)s2)Cc2ccccc2C1. The van der Waals surface area contributed by atoms with Crippen LogP contribution in [0, 0.1) is 16.7 Å². The molecular weight excluding hydrogens is 306 g/mol. The maximum atomic E-state index is 9.60. The molecule has 0 N–H and O–H groups in total. The van der Waals surface area contributed by atoms with Crippen LogP contribution in [0.5, 0.6) is 0 Å².